The van der Waals surface area contributed by atoms with E-state index in [9.17, 15) is 0 Å². The van der Waals surface area contributed by atoms with Crippen LogP contribution in [-0.4, -0.2) is 0 Å². The van der Waals surface area contributed by atoms with E-state index in [-0.39, 0.29) is 5.41 Å². The van der Waals surface area contributed by atoms with Crippen molar-refractivity contribution in [3.8, 4) is 22.4 Å². The average molecular weight is 459 g/mol. The Labute approximate surface area is 207 Å². The van der Waals surface area contributed by atoms with Gasteiger partial charge in [0, 0.05) is 28.3 Å². The molecule has 35 heavy (non-hydrogen) atoms. The Hall–Kier alpha value is -3.39. The summed E-state index contributed by atoms with van der Waals surface area (Å²) in [5.74, 6) is 0.482. The number of pyridine rings is 1. The predicted molar refractivity (Wildman–Crippen MR) is 144 cm³/mol. The lowest BCUT2D eigenvalue weighted by Crippen LogP contribution is -2.31. The molecule has 0 bridgehead atoms. The zero-order valence-corrected chi connectivity index (χ0v) is 21.1. The summed E-state index contributed by atoms with van der Waals surface area (Å²) < 4.78 is 9.01. The topological polar surface area (TPSA) is 17.0 Å². The minimum Gasteiger partial charge on any atom is -0.455 e. The van der Waals surface area contributed by atoms with Crippen LogP contribution in [0, 0.1) is 6.92 Å². The molecular formula is C33H32NO+. The number of hydrogen-bond donors (Lipinski definition) is 0. The fourth-order valence-corrected chi connectivity index (χ4v) is 6.91. The first-order chi connectivity index (χ1) is 17.0. The van der Waals surface area contributed by atoms with Crippen molar-refractivity contribution in [1.29, 1.82) is 0 Å². The van der Waals surface area contributed by atoms with Gasteiger partial charge < -0.3 is 4.42 Å². The molecule has 2 aromatic heterocycles. The second kappa shape index (κ2) is 7.31. The highest BCUT2D eigenvalue weighted by Crippen LogP contribution is 2.58. The number of hydrogen-bond acceptors (Lipinski definition) is 1. The zero-order chi connectivity index (χ0) is 23.9. The van der Waals surface area contributed by atoms with E-state index >= 15 is 0 Å². The number of furan rings is 1. The molecule has 5 aromatic rings. The molecule has 0 atom stereocenters. The van der Waals surface area contributed by atoms with Gasteiger partial charge in [0.25, 0.3) is 0 Å². The molecule has 1 spiro atoms. The van der Waals surface area contributed by atoms with Gasteiger partial charge >= 0.3 is 0 Å². The maximum Gasteiger partial charge on any atom is 0.216 e. The zero-order valence-electron chi connectivity index (χ0n) is 21.1. The van der Waals surface area contributed by atoms with Crippen molar-refractivity contribution in [2.24, 2.45) is 7.05 Å². The van der Waals surface area contributed by atoms with Gasteiger partial charge in [-0.05, 0) is 71.2 Å². The first-order valence-electron chi connectivity index (χ1n) is 13.1. The summed E-state index contributed by atoms with van der Waals surface area (Å²) in [4.78, 5) is 0. The monoisotopic (exact) mass is 458 g/mol. The van der Waals surface area contributed by atoms with Crippen LogP contribution in [-0.2, 0) is 12.5 Å². The van der Waals surface area contributed by atoms with Gasteiger partial charge in [-0.2, -0.15) is 0 Å². The molecule has 2 aliphatic rings. The van der Waals surface area contributed by atoms with E-state index in [0.717, 1.165) is 11.2 Å². The van der Waals surface area contributed by atoms with Gasteiger partial charge in [-0.1, -0.05) is 63.1 Å². The van der Waals surface area contributed by atoms with E-state index in [0.29, 0.717) is 5.92 Å². The Morgan fingerprint density at radius 1 is 0.857 bits per heavy atom. The highest BCUT2D eigenvalue weighted by molar-refractivity contribution is 6.11. The van der Waals surface area contributed by atoms with Gasteiger partial charge in [0.15, 0.2) is 6.20 Å². The summed E-state index contributed by atoms with van der Waals surface area (Å²) in [5.41, 5.74) is 13.0. The summed E-state index contributed by atoms with van der Waals surface area (Å²) in [5, 5.41) is 2.44. The second-order valence-electron chi connectivity index (χ2n) is 11.1. The molecule has 0 unspecified atom stereocenters. The van der Waals surface area contributed by atoms with Gasteiger partial charge in [-0.3, -0.25) is 0 Å². The molecule has 0 radical (unpaired) electrons. The molecule has 1 fully saturated rings. The molecule has 0 amide bonds. The van der Waals surface area contributed by atoms with Crippen molar-refractivity contribution in [3.63, 3.8) is 0 Å². The van der Waals surface area contributed by atoms with Crippen LogP contribution >= 0.6 is 0 Å². The minimum atomic E-state index is 0.163. The van der Waals surface area contributed by atoms with Crippen LogP contribution in [0.4, 0.5) is 0 Å². The lowest BCUT2D eigenvalue weighted by molar-refractivity contribution is -0.660. The lowest BCUT2D eigenvalue weighted by Gasteiger charge is -2.26. The predicted octanol–water partition coefficient (Wildman–Crippen LogP) is 8.35. The molecule has 2 heterocycles. The van der Waals surface area contributed by atoms with Gasteiger partial charge in [-0.25, -0.2) is 4.57 Å². The van der Waals surface area contributed by atoms with E-state index in [1.165, 1.54) is 81.1 Å². The summed E-state index contributed by atoms with van der Waals surface area (Å²) in [6.45, 7) is 6.71. The van der Waals surface area contributed by atoms with Crippen molar-refractivity contribution in [3.05, 3.63) is 89.1 Å². The third-order valence-electron chi connectivity index (χ3n) is 8.79. The molecule has 2 heteroatoms. The van der Waals surface area contributed by atoms with Crippen LogP contribution in [0.2, 0.25) is 0 Å². The Balaban J connectivity index is 1.53. The summed E-state index contributed by atoms with van der Waals surface area (Å²) in [6, 6.07) is 23.0. The molecule has 0 saturated heterocycles. The quantitative estimate of drug-likeness (QED) is 0.243. The number of benzene rings is 3. The van der Waals surface area contributed by atoms with Crippen molar-refractivity contribution in [1.82, 2.24) is 0 Å². The van der Waals surface area contributed by atoms with Gasteiger partial charge in [0.05, 0.1) is 5.56 Å². The highest BCUT2D eigenvalue weighted by Gasteiger charge is 2.45. The number of aromatic nitrogens is 1. The minimum absolute atomic E-state index is 0.163. The highest BCUT2D eigenvalue weighted by atomic mass is 16.3. The third kappa shape index (κ3) is 2.80. The van der Waals surface area contributed by atoms with Crippen LogP contribution in [0.3, 0.4) is 0 Å². The molecular weight excluding hydrogens is 426 g/mol. The third-order valence-corrected chi connectivity index (χ3v) is 8.79. The Morgan fingerprint density at radius 2 is 1.66 bits per heavy atom. The molecule has 2 aliphatic carbocycles. The molecule has 7 rings (SSSR count). The molecule has 174 valence electrons. The van der Waals surface area contributed by atoms with Gasteiger partial charge in [-0.15, -0.1) is 0 Å². The molecule has 1 saturated carbocycles. The second-order valence-corrected chi connectivity index (χ2v) is 11.1. The van der Waals surface area contributed by atoms with Crippen LogP contribution in [0.1, 0.15) is 67.7 Å². The van der Waals surface area contributed by atoms with E-state index in [1.807, 2.05) is 0 Å². The fraction of sp³-hybridized carbons (Fsp3) is 0.303. The molecule has 3 aromatic carbocycles. The maximum atomic E-state index is 6.79. The fourth-order valence-electron chi connectivity index (χ4n) is 6.91. The largest absolute Gasteiger partial charge is 0.455 e. The first kappa shape index (κ1) is 20.9. The van der Waals surface area contributed by atoms with E-state index in [2.05, 4.69) is 99.2 Å². The maximum absolute atomic E-state index is 6.79. The molecule has 0 N–H and O–H groups in total. The standard InChI is InChI=1S/C33H32NO/c1-20(2)22-13-16-34(4)29(17-22)31-21(3)11-12-24-26-18-25-23-9-5-6-10-27(23)33(14-7-8-15-33)28(25)19-30(26)35-32(24)31/h5-6,9-13,16-20H,7-8,14-15H2,1-4H3/q+1. The molecule has 0 aliphatic heterocycles. The smallest absolute Gasteiger partial charge is 0.216 e. The van der Waals surface area contributed by atoms with Crippen LogP contribution < -0.4 is 4.57 Å². The van der Waals surface area contributed by atoms with E-state index in [1.54, 1.807) is 0 Å². The van der Waals surface area contributed by atoms with Gasteiger partial charge in [0.1, 0.15) is 18.2 Å². The average Bonchev–Trinajstić information content (AvgIpc) is 3.55. The number of fused-ring (bicyclic) bond motifs is 8. The summed E-state index contributed by atoms with van der Waals surface area (Å²) >= 11 is 0. The van der Waals surface area contributed by atoms with Crippen molar-refractivity contribution < 1.29 is 8.98 Å². The van der Waals surface area contributed by atoms with Crippen LogP contribution in [0.5, 0.6) is 0 Å². The SMILES string of the molecule is Cc1ccc2c(oc3cc4c(cc32)-c2ccccc2C42CCCC2)c1-c1cc(C(C)C)cc[n+]1C. The normalized spacial score (nSPS) is 16.0. The van der Waals surface area contributed by atoms with Crippen molar-refractivity contribution in [2.45, 2.75) is 57.8 Å². The number of nitrogens with zero attached hydrogens (tertiary/aromatic N) is 1. The van der Waals surface area contributed by atoms with Crippen LogP contribution in [0.25, 0.3) is 44.3 Å². The Kier molecular flexibility index (Phi) is 4.37. The number of aryl methyl sites for hydroxylation is 2. The summed E-state index contributed by atoms with van der Waals surface area (Å²) in [7, 11) is 2.13. The van der Waals surface area contributed by atoms with E-state index in [4.69, 9.17) is 4.42 Å². The van der Waals surface area contributed by atoms with Crippen molar-refractivity contribution >= 4 is 21.9 Å². The molecule has 2 nitrogen and oxygen atoms in total. The van der Waals surface area contributed by atoms with E-state index < -0.39 is 0 Å². The Morgan fingerprint density at radius 3 is 2.46 bits per heavy atom. The van der Waals surface area contributed by atoms with Crippen LogP contribution in [0.15, 0.2) is 71.3 Å². The number of rotatable bonds is 2. The first-order valence-corrected chi connectivity index (χ1v) is 13.1. The van der Waals surface area contributed by atoms with Crippen molar-refractivity contribution in [2.75, 3.05) is 0 Å². The lowest BCUT2D eigenvalue weighted by atomic mass is 9.77. The Bertz CT molecular complexity index is 1650. The summed E-state index contributed by atoms with van der Waals surface area (Å²) in [6.07, 6.45) is 7.27. The van der Waals surface area contributed by atoms with Gasteiger partial charge in [0.2, 0.25) is 5.69 Å².